The maximum absolute atomic E-state index is 5.42. The van der Waals surface area contributed by atoms with E-state index in [1.807, 2.05) is 6.20 Å². The van der Waals surface area contributed by atoms with E-state index in [1.54, 1.807) is 0 Å². The molecule has 0 fully saturated rings. The summed E-state index contributed by atoms with van der Waals surface area (Å²) in [5, 5.41) is 4.57. The lowest BCUT2D eigenvalue weighted by molar-refractivity contribution is 0.832. The summed E-state index contributed by atoms with van der Waals surface area (Å²) in [4.78, 5) is 13.0. The van der Waals surface area contributed by atoms with Gasteiger partial charge in [0, 0.05) is 39.3 Å². The molecule has 0 N–H and O–H groups in total. The lowest BCUT2D eigenvalue weighted by Gasteiger charge is -2.26. The molecule has 0 amide bonds. The maximum atomic E-state index is 5.42. The highest BCUT2D eigenvalue weighted by molar-refractivity contribution is 6.24. The molecule has 2 heterocycles. The Morgan fingerprint density at radius 3 is 1.76 bits per heavy atom. The van der Waals surface area contributed by atoms with Crippen LogP contribution in [0.4, 0.5) is 11.4 Å². The van der Waals surface area contributed by atoms with Gasteiger partial charge in [0.25, 0.3) is 0 Å². The number of anilines is 2. The minimum atomic E-state index is 0.295. The van der Waals surface area contributed by atoms with E-state index in [-0.39, 0.29) is 0 Å². The number of hydrogen-bond acceptors (Lipinski definition) is 3. The van der Waals surface area contributed by atoms with E-state index < -0.39 is 0 Å². The van der Waals surface area contributed by atoms with Crippen molar-refractivity contribution in [3.63, 3.8) is 0 Å². The molecular formula is C52H35N3. The zero-order chi connectivity index (χ0) is 36.3. The summed E-state index contributed by atoms with van der Waals surface area (Å²) in [5.41, 5.74) is 16.3. The SMILES string of the molecule is C1=C(c2cccc(-c3cnc4c5ccc(-c6ccccc6)cc5c5cc(-c6ccccc6)ccc5c4n3)c2)CC2C(=C1)N(c1ccccc1)c1ccccc12. The lowest BCUT2D eigenvalue weighted by Crippen LogP contribution is -2.15. The number of allylic oxidation sites excluding steroid dienone is 4. The number of hydrogen-bond donors (Lipinski definition) is 0. The summed E-state index contributed by atoms with van der Waals surface area (Å²) in [7, 11) is 0. The van der Waals surface area contributed by atoms with Crippen molar-refractivity contribution in [2.24, 2.45) is 0 Å². The van der Waals surface area contributed by atoms with E-state index in [0.717, 1.165) is 39.5 Å². The third kappa shape index (κ3) is 5.27. The van der Waals surface area contributed by atoms with Gasteiger partial charge in [0.05, 0.1) is 22.9 Å². The normalized spacial score (nSPS) is 14.8. The van der Waals surface area contributed by atoms with Crippen molar-refractivity contribution < 1.29 is 0 Å². The Bertz CT molecular complexity index is 3000. The molecular weight excluding hydrogens is 667 g/mol. The van der Waals surface area contributed by atoms with Crippen LogP contribution in [0.2, 0.25) is 0 Å². The summed E-state index contributed by atoms with van der Waals surface area (Å²) < 4.78 is 0. The summed E-state index contributed by atoms with van der Waals surface area (Å²) >= 11 is 0. The summed E-state index contributed by atoms with van der Waals surface area (Å²) in [5.74, 6) is 0.295. The van der Waals surface area contributed by atoms with Gasteiger partial charge in [-0.1, -0.05) is 146 Å². The molecule has 2 aliphatic rings. The van der Waals surface area contributed by atoms with Crippen molar-refractivity contribution in [1.82, 2.24) is 9.97 Å². The first-order valence-electron chi connectivity index (χ1n) is 19.0. The highest BCUT2D eigenvalue weighted by Crippen LogP contribution is 2.52. The smallest absolute Gasteiger partial charge is 0.0979 e. The minimum absolute atomic E-state index is 0.295. The zero-order valence-corrected chi connectivity index (χ0v) is 30.1. The predicted molar refractivity (Wildman–Crippen MR) is 229 cm³/mol. The average molecular weight is 702 g/mol. The van der Waals surface area contributed by atoms with E-state index in [4.69, 9.17) is 9.97 Å². The van der Waals surface area contributed by atoms with Crippen LogP contribution >= 0.6 is 0 Å². The predicted octanol–water partition coefficient (Wildman–Crippen LogP) is 13.5. The van der Waals surface area contributed by atoms with Crippen molar-refractivity contribution in [3.05, 3.63) is 211 Å². The molecule has 258 valence electrons. The number of rotatable bonds is 5. The molecule has 0 saturated carbocycles. The van der Waals surface area contributed by atoms with Gasteiger partial charge in [-0.15, -0.1) is 0 Å². The third-order valence-electron chi connectivity index (χ3n) is 11.4. The molecule has 0 saturated heterocycles. The average Bonchev–Trinajstić information content (AvgIpc) is 3.60. The second-order valence-electron chi connectivity index (χ2n) is 14.6. The second-order valence-corrected chi connectivity index (χ2v) is 14.6. The Hall–Kier alpha value is -7.10. The molecule has 1 unspecified atom stereocenters. The Kier molecular flexibility index (Phi) is 7.31. The van der Waals surface area contributed by atoms with E-state index in [1.165, 1.54) is 66.8 Å². The molecule has 11 rings (SSSR count). The number of para-hydroxylation sites is 2. The molecule has 0 bridgehead atoms. The van der Waals surface area contributed by atoms with Gasteiger partial charge >= 0.3 is 0 Å². The number of benzene rings is 8. The van der Waals surface area contributed by atoms with Crippen molar-refractivity contribution in [2.75, 3.05) is 4.90 Å². The second kappa shape index (κ2) is 12.8. The maximum Gasteiger partial charge on any atom is 0.0979 e. The fourth-order valence-electron chi connectivity index (χ4n) is 8.76. The van der Waals surface area contributed by atoms with Crippen LogP contribution in [0.1, 0.15) is 23.5 Å². The Morgan fingerprint density at radius 2 is 1.05 bits per heavy atom. The molecule has 9 aromatic rings. The van der Waals surface area contributed by atoms with Crippen LogP contribution in [-0.4, -0.2) is 9.97 Å². The first-order valence-corrected chi connectivity index (χ1v) is 19.0. The fourth-order valence-corrected chi connectivity index (χ4v) is 8.76. The quantitative estimate of drug-likeness (QED) is 0.167. The monoisotopic (exact) mass is 701 g/mol. The molecule has 0 radical (unpaired) electrons. The highest BCUT2D eigenvalue weighted by Gasteiger charge is 2.36. The molecule has 8 aromatic carbocycles. The topological polar surface area (TPSA) is 29.0 Å². The van der Waals surface area contributed by atoms with Crippen LogP contribution in [0.15, 0.2) is 200 Å². The lowest BCUT2D eigenvalue weighted by atomic mass is 9.84. The van der Waals surface area contributed by atoms with Gasteiger partial charge in [-0.2, -0.15) is 0 Å². The Morgan fingerprint density at radius 1 is 0.455 bits per heavy atom. The molecule has 1 aromatic heterocycles. The fraction of sp³-hybridized carbons (Fsp3) is 0.0385. The van der Waals surface area contributed by atoms with Gasteiger partial charge < -0.3 is 4.90 Å². The van der Waals surface area contributed by atoms with Crippen LogP contribution < -0.4 is 4.90 Å². The molecule has 0 spiro atoms. The zero-order valence-electron chi connectivity index (χ0n) is 30.1. The van der Waals surface area contributed by atoms with E-state index in [2.05, 4.69) is 193 Å². The van der Waals surface area contributed by atoms with Crippen LogP contribution in [0, 0.1) is 0 Å². The van der Waals surface area contributed by atoms with Crippen molar-refractivity contribution in [1.29, 1.82) is 0 Å². The van der Waals surface area contributed by atoms with E-state index in [0.29, 0.717) is 5.92 Å². The number of nitrogens with zero attached hydrogens (tertiary/aromatic N) is 3. The Balaban J connectivity index is 1.03. The first kappa shape index (κ1) is 31.4. The van der Waals surface area contributed by atoms with Crippen LogP contribution in [0.5, 0.6) is 0 Å². The number of fused-ring (bicyclic) bond motifs is 9. The van der Waals surface area contributed by atoms with Crippen LogP contribution in [0.3, 0.4) is 0 Å². The van der Waals surface area contributed by atoms with Crippen LogP contribution in [-0.2, 0) is 0 Å². The van der Waals surface area contributed by atoms with Crippen molar-refractivity contribution in [3.8, 4) is 33.5 Å². The van der Waals surface area contributed by atoms with Gasteiger partial charge in [0.2, 0.25) is 0 Å². The minimum Gasteiger partial charge on any atom is -0.313 e. The van der Waals surface area contributed by atoms with Crippen molar-refractivity contribution >= 4 is 49.5 Å². The third-order valence-corrected chi connectivity index (χ3v) is 11.4. The molecule has 55 heavy (non-hydrogen) atoms. The largest absolute Gasteiger partial charge is 0.313 e. The summed E-state index contributed by atoms with van der Waals surface area (Å²) in [6.07, 6.45) is 7.52. The first-order chi connectivity index (χ1) is 27.3. The van der Waals surface area contributed by atoms with Gasteiger partial charge in [-0.05, 0) is 98.6 Å². The standard InChI is InChI=1S/C52H35N3/c1-4-13-34(14-5-1)37-23-26-43-45(30-37)46-31-38(35-15-6-2-7-16-35)24-27-44(46)52-51(43)53-33-48(54-52)40-18-12-17-36(29-40)39-25-28-50-47(32-39)42-21-10-11-22-49(42)55(50)41-19-8-3-9-20-41/h1-31,33,47H,32H2. The molecule has 1 atom stereocenters. The molecule has 1 aliphatic carbocycles. The summed E-state index contributed by atoms with van der Waals surface area (Å²) in [6.45, 7) is 0. The van der Waals surface area contributed by atoms with Crippen molar-refractivity contribution in [2.45, 2.75) is 12.3 Å². The highest BCUT2D eigenvalue weighted by atomic mass is 15.2. The van der Waals surface area contributed by atoms with Gasteiger partial charge in [0.15, 0.2) is 0 Å². The van der Waals surface area contributed by atoms with Gasteiger partial charge in [0.1, 0.15) is 0 Å². The van der Waals surface area contributed by atoms with E-state index in [9.17, 15) is 0 Å². The van der Waals surface area contributed by atoms with Gasteiger partial charge in [-0.3, -0.25) is 4.98 Å². The Labute approximate surface area is 320 Å². The van der Waals surface area contributed by atoms with Crippen LogP contribution in [0.25, 0.3) is 71.7 Å². The van der Waals surface area contributed by atoms with E-state index >= 15 is 0 Å². The molecule has 3 nitrogen and oxygen atoms in total. The molecule has 3 heteroatoms. The summed E-state index contributed by atoms with van der Waals surface area (Å²) in [6, 6.07) is 63.2. The molecule has 1 aliphatic heterocycles. The number of aromatic nitrogens is 2. The van der Waals surface area contributed by atoms with Gasteiger partial charge in [-0.25, -0.2) is 4.98 Å².